The zero-order valence-corrected chi connectivity index (χ0v) is 20.0. The third kappa shape index (κ3) is 7.27. The number of ether oxygens (including phenoxy) is 2. The van der Waals surface area contributed by atoms with Gasteiger partial charge in [0.25, 0.3) is 0 Å². The third-order valence-electron chi connectivity index (χ3n) is 6.50. The molecule has 2 unspecified atom stereocenters. The first-order chi connectivity index (χ1) is 12.8. The Bertz CT molecular complexity index is 441. The molecule has 0 aromatic carbocycles. The number of unbranched alkanes of at least 4 members (excludes halogenated alkanes) is 5. The number of rotatable bonds is 11. The average Bonchev–Trinajstić information content (AvgIpc) is 2.86. The Morgan fingerprint density at radius 3 is 1.18 bits per heavy atom. The first kappa shape index (κ1) is 24.1. The number of hydrogen-bond acceptors (Lipinski definition) is 4. The summed E-state index contributed by atoms with van der Waals surface area (Å²) in [6.07, 6.45) is 10.4. The van der Waals surface area contributed by atoms with E-state index in [0.29, 0.717) is 12.2 Å². The molecule has 4 heteroatoms. The molecule has 2 aliphatic heterocycles. The molecule has 2 atom stereocenters. The molecule has 2 saturated heterocycles. The van der Waals surface area contributed by atoms with Crippen LogP contribution in [0.25, 0.3) is 0 Å². The lowest BCUT2D eigenvalue weighted by Crippen LogP contribution is -2.47. The highest BCUT2D eigenvalue weighted by Gasteiger charge is 2.45. The van der Waals surface area contributed by atoms with Gasteiger partial charge in [0.2, 0.25) is 0 Å². The van der Waals surface area contributed by atoms with Gasteiger partial charge in [0, 0.05) is 35.4 Å². The Kier molecular flexibility index (Phi) is 8.03. The van der Waals surface area contributed by atoms with Crippen LogP contribution in [0.1, 0.15) is 107 Å². The van der Waals surface area contributed by atoms with E-state index in [9.17, 15) is 0 Å². The van der Waals surface area contributed by atoms with Gasteiger partial charge in [-0.1, -0.05) is 25.7 Å². The molecule has 0 bridgehead atoms. The lowest BCUT2D eigenvalue weighted by atomic mass is 9.97. The molecule has 28 heavy (non-hydrogen) atoms. The summed E-state index contributed by atoms with van der Waals surface area (Å²) in [6, 6.07) is 0. The van der Waals surface area contributed by atoms with Crippen LogP contribution >= 0.6 is 0 Å². The van der Waals surface area contributed by atoms with E-state index in [4.69, 9.17) is 9.47 Å². The minimum absolute atomic E-state index is 0.0854. The summed E-state index contributed by atoms with van der Waals surface area (Å²) < 4.78 is 12.4. The largest absolute Gasteiger partial charge is 0.376 e. The van der Waals surface area contributed by atoms with E-state index in [1.807, 2.05) is 0 Å². The van der Waals surface area contributed by atoms with Gasteiger partial charge in [0.05, 0.1) is 12.2 Å². The predicted molar refractivity (Wildman–Crippen MR) is 119 cm³/mol. The zero-order valence-electron chi connectivity index (χ0n) is 20.0. The zero-order chi connectivity index (χ0) is 21.1. The summed E-state index contributed by atoms with van der Waals surface area (Å²) >= 11 is 0. The maximum absolute atomic E-state index is 6.20. The molecule has 2 aliphatic rings. The molecule has 2 N–H and O–H groups in total. The van der Waals surface area contributed by atoms with Gasteiger partial charge in [0.1, 0.15) is 0 Å². The van der Waals surface area contributed by atoms with E-state index >= 15 is 0 Å². The second kappa shape index (κ2) is 9.32. The Morgan fingerprint density at radius 1 is 0.571 bits per heavy atom. The molecular weight excluding hydrogens is 348 g/mol. The van der Waals surface area contributed by atoms with E-state index in [2.05, 4.69) is 66.0 Å². The number of hydrogen-bond donors (Lipinski definition) is 2. The standard InChI is InChI=1S/C24H48N2O2/c1-21(2)17-19(23(5,6)25-21)27-15-13-11-9-10-12-14-16-28-20-18-22(3,4)26-24(20,7)8/h19-20,25-26H,9-18H2,1-8H3. The third-order valence-corrected chi connectivity index (χ3v) is 6.50. The molecule has 0 aliphatic carbocycles. The van der Waals surface area contributed by atoms with Crippen molar-refractivity contribution < 1.29 is 9.47 Å². The summed E-state index contributed by atoms with van der Waals surface area (Å²) in [7, 11) is 0. The summed E-state index contributed by atoms with van der Waals surface area (Å²) in [5.41, 5.74) is 0.551. The first-order valence-electron chi connectivity index (χ1n) is 11.6. The van der Waals surface area contributed by atoms with Crippen molar-refractivity contribution in [3.05, 3.63) is 0 Å². The van der Waals surface area contributed by atoms with Crippen molar-refractivity contribution >= 4 is 0 Å². The van der Waals surface area contributed by atoms with Crippen LogP contribution in [0, 0.1) is 0 Å². The normalized spacial score (nSPS) is 30.0. The molecule has 4 nitrogen and oxygen atoms in total. The van der Waals surface area contributed by atoms with Crippen molar-refractivity contribution in [3.63, 3.8) is 0 Å². The lowest BCUT2D eigenvalue weighted by Gasteiger charge is -2.28. The summed E-state index contributed by atoms with van der Waals surface area (Å²) in [6.45, 7) is 19.9. The van der Waals surface area contributed by atoms with Crippen molar-refractivity contribution in [2.24, 2.45) is 0 Å². The quantitative estimate of drug-likeness (QED) is 0.471. The molecule has 0 radical (unpaired) electrons. The second-order valence-corrected chi connectivity index (χ2v) is 11.7. The molecule has 2 heterocycles. The van der Waals surface area contributed by atoms with Gasteiger partial charge < -0.3 is 20.1 Å². The van der Waals surface area contributed by atoms with Gasteiger partial charge in [0.15, 0.2) is 0 Å². The van der Waals surface area contributed by atoms with Crippen LogP contribution in [0.4, 0.5) is 0 Å². The summed E-state index contributed by atoms with van der Waals surface area (Å²) in [4.78, 5) is 0. The highest BCUT2D eigenvalue weighted by molar-refractivity contribution is 5.04. The van der Waals surface area contributed by atoms with Crippen LogP contribution in [-0.2, 0) is 9.47 Å². The van der Waals surface area contributed by atoms with E-state index in [1.165, 1.54) is 38.5 Å². The molecule has 0 amide bonds. The van der Waals surface area contributed by atoms with Crippen LogP contribution < -0.4 is 10.6 Å². The van der Waals surface area contributed by atoms with Crippen molar-refractivity contribution in [2.75, 3.05) is 13.2 Å². The van der Waals surface area contributed by atoms with Gasteiger partial charge >= 0.3 is 0 Å². The molecule has 0 saturated carbocycles. The van der Waals surface area contributed by atoms with Crippen LogP contribution in [0.5, 0.6) is 0 Å². The summed E-state index contributed by atoms with van der Waals surface area (Å²) in [5, 5.41) is 7.38. The van der Waals surface area contributed by atoms with Crippen molar-refractivity contribution in [1.82, 2.24) is 10.6 Å². The van der Waals surface area contributed by atoms with E-state index < -0.39 is 0 Å². The molecule has 2 rings (SSSR count). The Morgan fingerprint density at radius 2 is 0.893 bits per heavy atom. The maximum Gasteiger partial charge on any atom is 0.0768 e. The fourth-order valence-corrected chi connectivity index (χ4v) is 5.34. The van der Waals surface area contributed by atoms with Crippen LogP contribution in [0.3, 0.4) is 0 Å². The monoisotopic (exact) mass is 396 g/mol. The number of nitrogens with one attached hydrogen (secondary N) is 2. The van der Waals surface area contributed by atoms with Gasteiger partial charge in [-0.25, -0.2) is 0 Å². The molecule has 0 aromatic rings. The van der Waals surface area contributed by atoms with Crippen LogP contribution in [0.2, 0.25) is 0 Å². The smallest absolute Gasteiger partial charge is 0.0768 e. The molecule has 0 spiro atoms. The van der Waals surface area contributed by atoms with Crippen LogP contribution in [-0.4, -0.2) is 47.6 Å². The first-order valence-corrected chi connectivity index (χ1v) is 11.6. The second-order valence-electron chi connectivity index (χ2n) is 11.7. The highest BCUT2D eigenvalue weighted by atomic mass is 16.5. The maximum atomic E-state index is 6.20. The minimum Gasteiger partial charge on any atom is -0.376 e. The average molecular weight is 397 g/mol. The van der Waals surface area contributed by atoms with Gasteiger partial charge in [-0.2, -0.15) is 0 Å². The molecular formula is C24H48N2O2. The van der Waals surface area contributed by atoms with E-state index in [1.54, 1.807) is 0 Å². The fraction of sp³-hybridized carbons (Fsp3) is 1.00. The molecule has 0 aromatic heterocycles. The van der Waals surface area contributed by atoms with Gasteiger partial charge in [-0.05, 0) is 81.1 Å². The topological polar surface area (TPSA) is 42.5 Å². The Balaban J connectivity index is 1.45. The summed E-state index contributed by atoms with van der Waals surface area (Å²) in [5.74, 6) is 0. The highest BCUT2D eigenvalue weighted by Crippen LogP contribution is 2.33. The lowest BCUT2D eigenvalue weighted by molar-refractivity contribution is 0.0165. The van der Waals surface area contributed by atoms with Crippen molar-refractivity contribution in [1.29, 1.82) is 0 Å². The van der Waals surface area contributed by atoms with Crippen molar-refractivity contribution in [2.45, 2.75) is 141 Å². The predicted octanol–water partition coefficient (Wildman–Crippen LogP) is 5.20. The minimum atomic E-state index is 0.0854. The Labute approximate surface area is 174 Å². The van der Waals surface area contributed by atoms with Gasteiger partial charge in [-0.3, -0.25) is 0 Å². The SMILES string of the molecule is CC1(C)CC(OCCCCCCCCOC2CC(C)(C)NC2(C)C)C(C)(C)N1. The van der Waals surface area contributed by atoms with Gasteiger partial charge in [-0.15, -0.1) is 0 Å². The molecule has 2 fully saturated rings. The Hall–Kier alpha value is -0.160. The van der Waals surface area contributed by atoms with E-state index in [0.717, 1.165) is 26.1 Å². The van der Waals surface area contributed by atoms with E-state index in [-0.39, 0.29) is 22.2 Å². The van der Waals surface area contributed by atoms with Crippen LogP contribution in [0.15, 0.2) is 0 Å². The van der Waals surface area contributed by atoms with Crippen molar-refractivity contribution in [3.8, 4) is 0 Å². The molecule has 166 valence electrons. The fourth-order valence-electron chi connectivity index (χ4n) is 5.34.